The molecule has 2 fully saturated rings. The number of hydrogen-bond acceptors (Lipinski definition) is 6. The highest BCUT2D eigenvalue weighted by molar-refractivity contribution is 5.92. The number of aromatic nitrogens is 4. The van der Waals surface area contributed by atoms with Crippen LogP contribution < -0.4 is 15.2 Å². The molecule has 1 unspecified atom stereocenters. The molecule has 1 saturated carbocycles. The summed E-state index contributed by atoms with van der Waals surface area (Å²) in [7, 11) is 3.20. The van der Waals surface area contributed by atoms with Gasteiger partial charge in [-0.2, -0.15) is 4.68 Å². The summed E-state index contributed by atoms with van der Waals surface area (Å²) in [5, 5.41) is 5.56. The van der Waals surface area contributed by atoms with Gasteiger partial charge in [0, 0.05) is 23.9 Å². The van der Waals surface area contributed by atoms with Crippen LogP contribution in [0.1, 0.15) is 63.1 Å². The fourth-order valence-electron chi connectivity index (χ4n) is 5.63. The Balaban J connectivity index is 1.38. The quantitative estimate of drug-likeness (QED) is 0.561. The molecule has 182 valence electrons. The first-order valence-corrected chi connectivity index (χ1v) is 12.6. The monoisotopic (exact) mass is 465 g/mol. The minimum atomic E-state index is -0.245. The molecule has 0 bridgehead atoms. The Hall–Kier alpha value is -2.87. The van der Waals surface area contributed by atoms with Crippen molar-refractivity contribution < 1.29 is 9.47 Å². The summed E-state index contributed by atoms with van der Waals surface area (Å²) < 4.78 is 12.3. The molecule has 3 heterocycles. The lowest BCUT2D eigenvalue weighted by molar-refractivity contribution is 0.182. The number of piperidine rings is 1. The number of likely N-dealkylation sites (tertiary alicyclic amines) is 1. The van der Waals surface area contributed by atoms with Crippen LogP contribution in [0.15, 0.2) is 29.1 Å². The first-order valence-electron chi connectivity index (χ1n) is 12.6. The van der Waals surface area contributed by atoms with Gasteiger partial charge in [0.1, 0.15) is 17.1 Å². The van der Waals surface area contributed by atoms with E-state index in [1.54, 1.807) is 20.3 Å². The van der Waals surface area contributed by atoms with Gasteiger partial charge in [-0.05, 0) is 56.5 Å². The molecule has 2 aliphatic rings. The highest BCUT2D eigenvalue weighted by Crippen LogP contribution is 2.31. The Labute approximate surface area is 200 Å². The van der Waals surface area contributed by atoms with E-state index in [4.69, 9.17) is 14.6 Å². The number of hydrogen-bond donors (Lipinski definition) is 1. The Morgan fingerprint density at radius 3 is 2.68 bits per heavy atom. The van der Waals surface area contributed by atoms with Crippen molar-refractivity contribution >= 4 is 10.9 Å². The normalized spacial score (nSPS) is 20.0. The van der Waals surface area contributed by atoms with Crippen molar-refractivity contribution in [2.45, 2.75) is 57.3 Å². The first kappa shape index (κ1) is 22.9. The number of aromatic amines is 1. The fourth-order valence-corrected chi connectivity index (χ4v) is 5.63. The molecule has 8 heteroatoms. The van der Waals surface area contributed by atoms with Gasteiger partial charge >= 0.3 is 5.69 Å². The second-order valence-electron chi connectivity index (χ2n) is 9.70. The van der Waals surface area contributed by atoms with Gasteiger partial charge in [0.05, 0.1) is 19.9 Å². The van der Waals surface area contributed by atoms with Gasteiger partial charge in [-0.25, -0.2) is 9.78 Å². The largest absolute Gasteiger partial charge is 0.496 e. The molecule has 1 aliphatic carbocycles. The Bertz CT molecular complexity index is 1180. The maximum absolute atomic E-state index is 13.0. The predicted molar refractivity (Wildman–Crippen MR) is 132 cm³/mol. The van der Waals surface area contributed by atoms with Crippen molar-refractivity contribution in [1.29, 1.82) is 0 Å². The number of methoxy groups -OCH3 is 2. The van der Waals surface area contributed by atoms with Crippen molar-refractivity contribution in [1.82, 2.24) is 24.6 Å². The summed E-state index contributed by atoms with van der Waals surface area (Å²) in [4.78, 5) is 23.2. The third kappa shape index (κ3) is 4.69. The Kier molecular flexibility index (Phi) is 6.85. The second kappa shape index (κ2) is 10.2. The zero-order valence-electron chi connectivity index (χ0n) is 20.3. The van der Waals surface area contributed by atoms with Crippen LogP contribution in [-0.2, 0) is 0 Å². The van der Waals surface area contributed by atoms with Crippen molar-refractivity contribution in [2.24, 2.45) is 5.92 Å². The average Bonchev–Trinajstić information content (AvgIpc) is 3.28. The molecule has 2 aromatic heterocycles. The molecule has 0 radical (unpaired) electrons. The molecule has 0 amide bonds. The third-order valence-electron chi connectivity index (χ3n) is 7.53. The Morgan fingerprint density at radius 1 is 1.03 bits per heavy atom. The van der Waals surface area contributed by atoms with Crippen LogP contribution in [0, 0.1) is 5.92 Å². The van der Waals surface area contributed by atoms with Gasteiger partial charge < -0.3 is 14.4 Å². The lowest BCUT2D eigenvalue weighted by Crippen LogP contribution is -2.36. The molecule has 8 nitrogen and oxygen atoms in total. The van der Waals surface area contributed by atoms with E-state index < -0.39 is 0 Å². The van der Waals surface area contributed by atoms with E-state index in [2.05, 4.69) is 14.9 Å². The molecule has 0 spiro atoms. The smallest absolute Gasteiger partial charge is 0.348 e. The van der Waals surface area contributed by atoms with Crippen LogP contribution in [0.4, 0.5) is 0 Å². The molecule has 5 rings (SSSR count). The first-order chi connectivity index (χ1) is 16.7. The van der Waals surface area contributed by atoms with Gasteiger partial charge in [0.2, 0.25) is 5.88 Å². The molecular weight excluding hydrogens is 430 g/mol. The number of ether oxygens (including phenoxy) is 2. The van der Waals surface area contributed by atoms with E-state index in [-0.39, 0.29) is 11.6 Å². The molecule has 1 saturated heterocycles. The lowest BCUT2D eigenvalue weighted by Gasteiger charge is -2.33. The molecule has 1 N–H and O–H groups in total. The minimum Gasteiger partial charge on any atom is -0.496 e. The third-order valence-corrected chi connectivity index (χ3v) is 7.53. The maximum atomic E-state index is 13.0. The second-order valence-corrected chi connectivity index (χ2v) is 9.70. The fraction of sp³-hybridized carbons (Fsp3) is 0.577. The van der Waals surface area contributed by atoms with Crippen LogP contribution in [0.25, 0.3) is 16.6 Å². The number of nitrogens with one attached hydrogen (secondary N) is 1. The summed E-state index contributed by atoms with van der Waals surface area (Å²) in [6, 6.07) is 7.36. The zero-order chi connectivity index (χ0) is 23.5. The number of pyridine rings is 1. The molecule has 1 aromatic carbocycles. The predicted octanol–water partition coefficient (Wildman–Crippen LogP) is 4.28. The van der Waals surface area contributed by atoms with Crippen LogP contribution in [-0.4, -0.2) is 58.5 Å². The van der Waals surface area contributed by atoms with Gasteiger partial charge in [-0.15, -0.1) is 5.10 Å². The number of benzene rings is 1. The number of nitrogens with zero attached hydrogens (tertiary/aromatic N) is 4. The molecule has 1 aliphatic heterocycles. The SMILES string of the molecule is COc1ccc2c(OC)ccc(-n3nc(C4CCCN(CCC5CCCCC5)C4)[nH]c3=O)c2n1. The molecule has 1 atom stereocenters. The maximum Gasteiger partial charge on any atom is 0.348 e. The van der Waals surface area contributed by atoms with E-state index >= 15 is 0 Å². The van der Waals surface area contributed by atoms with Gasteiger partial charge in [-0.1, -0.05) is 32.1 Å². The highest BCUT2D eigenvalue weighted by Gasteiger charge is 2.26. The van der Waals surface area contributed by atoms with E-state index in [0.29, 0.717) is 22.8 Å². The number of fused-ring (bicyclic) bond motifs is 1. The highest BCUT2D eigenvalue weighted by atomic mass is 16.5. The van der Waals surface area contributed by atoms with Crippen LogP contribution in [0.2, 0.25) is 0 Å². The standard InChI is InChI=1S/C26H35N5O3/c1-33-22-12-11-21(24-20(22)10-13-23(27-24)34-2)31-26(32)28-25(29-31)19-9-6-15-30(17-19)16-14-18-7-4-3-5-8-18/h10-13,18-19H,3-9,14-17H2,1-2H3,(H,28,29,32). The van der Waals surface area contributed by atoms with Gasteiger partial charge in [0.25, 0.3) is 0 Å². The van der Waals surface area contributed by atoms with Crippen molar-refractivity contribution in [3.8, 4) is 17.3 Å². The van der Waals surface area contributed by atoms with Gasteiger partial charge in [-0.3, -0.25) is 4.98 Å². The van der Waals surface area contributed by atoms with Crippen LogP contribution in [0.3, 0.4) is 0 Å². The van der Waals surface area contributed by atoms with Crippen LogP contribution in [0.5, 0.6) is 11.6 Å². The lowest BCUT2D eigenvalue weighted by atomic mass is 9.86. The van der Waals surface area contributed by atoms with Crippen LogP contribution >= 0.6 is 0 Å². The molecule has 34 heavy (non-hydrogen) atoms. The van der Waals surface area contributed by atoms with E-state index in [9.17, 15) is 4.79 Å². The zero-order valence-corrected chi connectivity index (χ0v) is 20.3. The topological polar surface area (TPSA) is 85.3 Å². The van der Waals surface area contributed by atoms with Crippen molar-refractivity contribution in [3.63, 3.8) is 0 Å². The van der Waals surface area contributed by atoms with Crippen molar-refractivity contribution in [3.05, 3.63) is 40.6 Å². The van der Waals surface area contributed by atoms with E-state index in [1.165, 1.54) is 43.2 Å². The summed E-state index contributed by atoms with van der Waals surface area (Å²) >= 11 is 0. The minimum absolute atomic E-state index is 0.237. The number of rotatable bonds is 7. The summed E-state index contributed by atoms with van der Waals surface area (Å²) in [6.07, 6.45) is 10.5. The van der Waals surface area contributed by atoms with E-state index in [0.717, 1.165) is 49.6 Å². The van der Waals surface area contributed by atoms with Crippen molar-refractivity contribution in [2.75, 3.05) is 33.9 Å². The van der Waals surface area contributed by atoms with Gasteiger partial charge in [0.15, 0.2) is 0 Å². The number of H-pyrrole nitrogens is 1. The average molecular weight is 466 g/mol. The van der Waals surface area contributed by atoms with E-state index in [1.807, 2.05) is 18.2 Å². The Morgan fingerprint density at radius 2 is 1.88 bits per heavy atom. The summed E-state index contributed by atoms with van der Waals surface area (Å²) in [5.41, 5.74) is 0.995. The summed E-state index contributed by atoms with van der Waals surface area (Å²) in [5.74, 6) is 3.06. The molecular formula is C26H35N5O3. The summed E-state index contributed by atoms with van der Waals surface area (Å²) in [6.45, 7) is 3.25. The molecule has 3 aromatic rings.